The van der Waals surface area contributed by atoms with Gasteiger partial charge in [0, 0.05) is 0 Å². The molecule has 0 amide bonds. The number of aliphatic carboxylic acids is 1. The summed E-state index contributed by atoms with van der Waals surface area (Å²) in [5, 5.41) is 8.54. The third kappa shape index (κ3) is 4.51. The average Bonchev–Trinajstić information content (AvgIpc) is 2.29. The van der Waals surface area contributed by atoms with Gasteiger partial charge in [0.05, 0.1) is 5.56 Å². The lowest BCUT2D eigenvalue weighted by atomic mass is 10.0. The highest BCUT2D eigenvalue weighted by atomic mass is 19.4. The van der Waals surface area contributed by atoms with Gasteiger partial charge in [-0.1, -0.05) is 6.07 Å². The molecule has 0 fully saturated rings. The van der Waals surface area contributed by atoms with Crippen LogP contribution in [0.5, 0.6) is 0 Å². The minimum Gasteiger partial charge on any atom is -0.480 e. The fourth-order valence-electron chi connectivity index (χ4n) is 1.56. The summed E-state index contributed by atoms with van der Waals surface area (Å²) in [6.45, 7) is 0. The number of halogens is 4. The summed E-state index contributed by atoms with van der Waals surface area (Å²) in [6.07, 6.45) is -4.01. The van der Waals surface area contributed by atoms with Crippen LogP contribution in [0.2, 0.25) is 0 Å². The van der Waals surface area contributed by atoms with E-state index in [1.807, 2.05) is 0 Å². The Kier molecular flexibility index (Phi) is 4.88. The number of alkyl halides is 3. The van der Waals surface area contributed by atoms with Crippen LogP contribution in [0.3, 0.4) is 0 Å². The van der Waals surface area contributed by atoms with E-state index in [1.54, 1.807) is 0 Å². The first-order chi connectivity index (χ1) is 8.71. The van der Waals surface area contributed by atoms with Crippen LogP contribution in [0, 0.1) is 5.82 Å². The summed E-state index contributed by atoms with van der Waals surface area (Å²) in [6, 6.07) is 1.25. The van der Waals surface area contributed by atoms with Gasteiger partial charge in [0.2, 0.25) is 0 Å². The van der Waals surface area contributed by atoms with Crippen LogP contribution in [0.15, 0.2) is 18.2 Å². The van der Waals surface area contributed by atoms with Gasteiger partial charge in [-0.15, -0.1) is 0 Å². The zero-order valence-corrected chi connectivity index (χ0v) is 9.88. The largest absolute Gasteiger partial charge is 0.480 e. The molecule has 106 valence electrons. The molecule has 1 atom stereocenters. The topological polar surface area (TPSA) is 63.3 Å². The first kappa shape index (κ1) is 15.4. The summed E-state index contributed by atoms with van der Waals surface area (Å²) in [4.78, 5) is 10.4. The second-order valence-electron chi connectivity index (χ2n) is 4.14. The Labute approximate surface area is 107 Å². The van der Waals surface area contributed by atoms with Crippen LogP contribution >= 0.6 is 0 Å². The van der Waals surface area contributed by atoms with E-state index in [0.29, 0.717) is 6.07 Å². The molecule has 0 saturated heterocycles. The van der Waals surface area contributed by atoms with Crippen LogP contribution in [0.25, 0.3) is 0 Å². The van der Waals surface area contributed by atoms with Crippen molar-refractivity contribution in [2.24, 2.45) is 5.73 Å². The highest BCUT2D eigenvalue weighted by molar-refractivity contribution is 5.72. The monoisotopic (exact) mass is 279 g/mol. The SMILES string of the molecule is NC(CCCc1ccc(C(F)(F)F)cc1F)C(=O)O. The Morgan fingerprint density at radius 1 is 1.37 bits per heavy atom. The lowest BCUT2D eigenvalue weighted by Crippen LogP contribution is -2.29. The Bertz CT molecular complexity index is 460. The summed E-state index contributed by atoms with van der Waals surface area (Å²) in [5.41, 5.74) is 4.33. The molecule has 0 aliphatic rings. The molecule has 19 heavy (non-hydrogen) atoms. The smallest absolute Gasteiger partial charge is 0.416 e. The summed E-state index contributed by atoms with van der Waals surface area (Å²) >= 11 is 0. The lowest BCUT2D eigenvalue weighted by Gasteiger charge is -2.10. The summed E-state index contributed by atoms with van der Waals surface area (Å²) in [7, 11) is 0. The highest BCUT2D eigenvalue weighted by Crippen LogP contribution is 2.30. The van der Waals surface area contributed by atoms with Crippen molar-refractivity contribution in [3.63, 3.8) is 0 Å². The van der Waals surface area contributed by atoms with E-state index in [2.05, 4.69) is 0 Å². The predicted octanol–water partition coefficient (Wildman–Crippen LogP) is 2.58. The van der Waals surface area contributed by atoms with Crippen LogP contribution in [0.4, 0.5) is 17.6 Å². The van der Waals surface area contributed by atoms with Gasteiger partial charge in [-0.05, 0) is 37.0 Å². The molecule has 0 spiro atoms. The maximum Gasteiger partial charge on any atom is 0.416 e. The summed E-state index contributed by atoms with van der Waals surface area (Å²) in [5.74, 6) is -2.10. The highest BCUT2D eigenvalue weighted by Gasteiger charge is 2.31. The normalized spacial score (nSPS) is 13.3. The van der Waals surface area contributed by atoms with E-state index < -0.39 is 29.6 Å². The molecule has 1 rings (SSSR count). The minimum absolute atomic E-state index is 0.116. The number of benzene rings is 1. The Hall–Kier alpha value is -1.63. The van der Waals surface area contributed by atoms with Crippen molar-refractivity contribution in [1.82, 2.24) is 0 Å². The molecule has 1 aromatic rings. The van der Waals surface area contributed by atoms with Crippen molar-refractivity contribution < 1.29 is 27.5 Å². The van der Waals surface area contributed by atoms with Crippen molar-refractivity contribution in [2.45, 2.75) is 31.5 Å². The number of rotatable bonds is 5. The molecule has 0 heterocycles. The Balaban J connectivity index is 2.63. The van der Waals surface area contributed by atoms with Gasteiger partial charge in [-0.3, -0.25) is 4.79 Å². The molecule has 0 bridgehead atoms. The lowest BCUT2D eigenvalue weighted by molar-refractivity contribution is -0.139. The molecule has 0 aromatic heterocycles. The molecule has 1 aromatic carbocycles. The first-order valence-electron chi connectivity index (χ1n) is 5.56. The summed E-state index contributed by atoms with van der Waals surface area (Å²) < 4.78 is 50.3. The third-order valence-corrected chi connectivity index (χ3v) is 2.66. The third-order valence-electron chi connectivity index (χ3n) is 2.66. The molecule has 0 saturated carbocycles. The molecule has 0 radical (unpaired) electrons. The molecule has 3 N–H and O–H groups in total. The van der Waals surface area contributed by atoms with Gasteiger partial charge >= 0.3 is 12.1 Å². The van der Waals surface area contributed by atoms with Crippen LogP contribution in [-0.2, 0) is 17.4 Å². The van der Waals surface area contributed by atoms with Crippen LogP contribution < -0.4 is 5.73 Å². The maximum atomic E-state index is 13.4. The predicted molar refractivity (Wildman–Crippen MR) is 60.0 cm³/mol. The number of nitrogens with two attached hydrogens (primary N) is 1. The number of aryl methyl sites for hydroxylation is 1. The molecular weight excluding hydrogens is 266 g/mol. The van der Waals surface area contributed by atoms with Crippen molar-refractivity contribution in [3.8, 4) is 0 Å². The van der Waals surface area contributed by atoms with E-state index in [0.717, 1.165) is 12.1 Å². The second-order valence-corrected chi connectivity index (χ2v) is 4.14. The molecule has 7 heteroatoms. The average molecular weight is 279 g/mol. The molecule has 0 aliphatic carbocycles. The Morgan fingerprint density at radius 2 is 2.00 bits per heavy atom. The van der Waals surface area contributed by atoms with E-state index in [-0.39, 0.29) is 24.8 Å². The number of carboxylic acids is 1. The van der Waals surface area contributed by atoms with Crippen LogP contribution in [0.1, 0.15) is 24.0 Å². The van der Waals surface area contributed by atoms with Gasteiger partial charge in [-0.2, -0.15) is 13.2 Å². The molecular formula is C12H13F4NO2. The van der Waals surface area contributed by atoms with Gasteiger partial charge in [0.1, 0.15) is 11.9 Å². The quantitative estimate of drug-likeness (QED) is 0.814. The van der Waals surface area contributed by atoms with Crippen LogP contribution in [-0.4, -0.2) is 17.1 Å². The number of hydrogen-bond acceptors (Lipinski definition) is 2. The zero-order valence-electron chi connectivity index (χ0n) is 9.88. The van der Waals surface area contributed by atoms with E-state index in [9.17, 15) is 22.4 Å². The number of carbonyl (C=O) groups is 1. The zero-order chi connectivity index (χ0) is 14.6. The second kappa shape index (κ2) is 6.01. The van der Waals surface area contributed by atoms with Gasteiger partial charge in [0.15, 0.2) is 0 Å². The number of carboxylic acid groups (broad SMARTS) is 1. The Morgan fingerprint density at radius 3 is 2.47 bits per heavy atom. The van der Waals surface area contributed by atoms with Crippen molar-refractivity contribution in [1.29, 1.82) is 0 Å². The molecule has 3 nitrogen and oxygen atoms in total. The van der Waals surface area contributed by atoms with Gasteiger partial charge < -0.3 is 10.8 Å². The van der Waals surface area contributed by atoms with Crippen molar-refractivity contribution in [2.75, 3.05) is 0 Å². The minimum atomic E-state index is -4.58. The fraction of sp³-hybridized carbons (Fsp3) is 0.417. The fourth-order valence-corrected chi connectivity index (χ4v) is 1.56. The van der Waals surface area contributed by atoms with Crippen molar-refractivity contribution >= 4 is 5.97 Å². The number of hydrogen-bond donors (Lipinski definition) is 2. The maximum absolute atomic E-state index is 13.4. The van der Waals surface area contributed by atoms with Crippen molar-refractivity contribution in [3.05, 3.63) is 35.1 Å². The molecule has 1 unspecified atom stereocenters. The first-order valence-corrected chi connectivity index (χ1v) is 5.56. The van der Waals surface area contributed by atoms with E-state index in [1.165, 1.54) is 0 Å². The van der Waals surface area contributed by atoms with E-state index >= 15 is 0 Å². The van der Waals surface area contributed by atoms with E-state index in [4.69, 9.17) is 10.8 Å². The van der Waals surface area contributed by atoms with Gasteiger partial charge in [0.25, 0.3) is 0 Å². The molecule has 0 aliphatic heterocycles. The standard InChI is InChI=1S/C12H13F4NO2/c13-9-6-8(12(14,15)16)5-4-7(9)2-1-3-10(17)11(18)19/h4-6,10H,1-3,17H2,(H,18,19). The van der Waals surface area contributed by atoms with Gasteiger partial charge in [-0.25, -0.2) is 4.39 Å².